The molecule has 0 aromatic heterocycles. The molecule has 0 aliphatic heterocycles. The second kappa shape index (κ2) is 8.07. The Kier molecular flexibility index (Phi) is 7.17. The van der Waals surface area contributed by atoms with Crippen molar-refractivity contribution < 1.29 is 0 Å². The highest BCUT2D eigenvalue weighted by Gasteiger charge is 1.95. The summed E-state index contributed by atoms with van der Waals surface area (Å²) in [6.07, 6.45) is 7.86. The van der Waals surface area contributed by atoms with Crippen molar-refractivity contribution in [3.8, 4) is 0 Å². The van der Waals surface area contributed by atoms with E-state index in [1.807, 2.05) is 24.3 Å². The lowest BCUT2D eigenvalue weighted by atomic mass is 10.0. The first kappa shape index (κ1) is 12.4. The van der Waals surface area contributed by atoms with Gasteiger partial charge in [-0.25, -0.2) is 0 Å². The van der Waals surface area contributed by atoms with Crippen LogP contribution in [-0.4, -0.2) is 13.3 Å². The number of hydrogen-bond acceptors (Lipinski definition) is 1. The molecule has 0 unspecified atom stereocenters. The summed E-state index contributed by atoms with van der Waals surface area (Å²) in [4.78, 5) is 3.71. The maximum absolute atomic E-state index is 3.71. The molecule has 0 aromatic carbocycles. The van der Waals surface area contributed by atoms with Gasteiger partial charge >= 0.3 is 0 Å². The Morgan fingerprint density at radius 1 is 1.43 bits per heavy atom. The van der Waals surface area contributed by atoms with Crippen LogP contribution in [0.15, 0.2) is 52.9 Å². The van der Waals surface area contributed by atoms with Gasteiger partial charge in [-0.1, -0.05) is 49.6 Å². The second-order valence-corrected chi connectivity index (χ2v) is 3.11. The summed E-state index contributed by atoms with van der Waals surface area (Å²) in [6.45, 7) is 11.8. The van der Waals surface area contributed by atoms with E-state index in [1.165, 1.54) is 0 Å². The van der Waals surface area contributed by atoms with E-state index in [0.717, 1.165) is 5.57 Å². The fraction of sp³-hybridized carbons (Fsp3) is 0.308. The third kappa shape index (κ3) is 6.02. The van der Waals surface area contributed by atoms with Crippen LogP contribution in [0.25, 0.3) is 0 Å². The average Bonchev–Trinajstić information content (AvgIpc) is 2.15. The standard InChI is InChI=1S/C13H17N/c1-5-9-13(12(2)3)10-7-6-8-11-14-4/h6-8,10,12H,1,4,11H2,2-3H3/b8-6-,10-7+. The van der Waals surface area contributed by atoms with E-state index >= 15 is 0 Å². The van der Waals surface area contributed by atoms with Crippen molar-refractivity contribution in [2.45, 2.75) is 13.8 Å². The summed E-state index contributed by atoms with van der Waals surface area (Å²) in [6, 6.07) is 0. The van der Waals surface area contributed by atoms with Crippen LogP contribution in [0.4, 0.5) is 0 Å². The molecule has 0 heterocycles. The third-order valence-corrected chi connectivity index (χ3v) is 1.61. The Balaban J connectivity index is 4.39. The summed E-state index contributed by atoms with van der Waals surface area (Å²) in [5, 5.41) is 0. The van der Waals surface area contributed by atoms with Crippen LogP contribution >= 0.6 is 0 Å². The second-order valence-electron chi connectivity index (χ2n) is 3.11. The van der Waals surface area contributed by atoms with Gasteiger partial charge in [-0.3, -0.25) is 4.99 Å². The number of rotatable bonds is 5. The van der Waals surface area contributed by atoms with Crippen LogP contribution in [0.2, 0.25) is 0 Å². The minimum Gasteiger partial charge on any atom is -0.297 e. The monoisotopic (exact) mass is 187 g/mol. The summed E-state index contributed by atoms with van der Waals surface area (Å²) in [5.74, 6) is 0.437. The van der Waals surface area contributed by atoms with Crippen molar-refractivity contribution in [2.75, 3.05) is 6.54 Å². The topological polar surface area (TPSA) is 12.4 Å². The van der Waals surface area contributed by atoms with E-state index in [4.69, 9.17) is 0 Å². The maximum Gasteiger partial charge on any atom is 0.0566 e. The molecule has 0 saturated heterocycles. The molecule has 0 spiro atoms. The molecular weight excluding hydrogens is 170 g/mol. The smallest absolute Gasteiger partial charge is 0.0566 e. The molecule has 1 nitrogen and oxygen atoms in total. The molecule has 0 bridgehead atoms. The van der Waals surface area contributed by atoms with E-state index in [0.29, 0.717) is 12.5 Å². The molecule has 0 fully saturated rings. The zero-order valence-corrected chi connectivity index (χ0v) is 8.96. The van der Waals surface area contributed by atoms with Gasteiger partial charge in [0.25, 0.3) is 0 Å². The normalized spacial score (nSPS) is 10.5. The number of allylic oxidation sites excluding steroid dienone is 4. The molecule has 0 atom stereocenters. The lowest BCUT2D eigenvalue weighted by Gasteiger charge is -2.00. The van der Waals surface area contributed by atoms with Crippen molar-refractivity contribution in [1.29, 1.82) is 0 Å². The zero-order chi connectivity index (χ0) is 10.8. The van der Waals surface area contributed by atoms with Gasteiger partial charge in [-0.05, 0) is 19.2 Å². The highest BCUT2D eigenvalue weighted by Crippen LogP contribution is 2.08. The van der Waals surface area contributed by atoms with Crippen molar-refractivity contribution >= 4 is 6.72 Å². The fourth-order valence-electron chi connectivity index (χ4n) is 0.854. The fourth-order valence-corrected chi connectivity index (χ4v) is 0.854. The first-order valence-electron chi connectivity index (χ1n) is 4.63. The van der Waals surface area contributed by atoms with Crippen LogP contribution in [0.3, 0.4) is 0 Å². The third-order valence-electron chi connectivity index (χ3n) is 1.61. The maximum atomic E-state index is 3.71. The van der Waals surface area contributed by atoms with Gasteiger partial charge in [0.2, 0.25) is 0 Å². The van der Waals surface area contributed by atoms with Crippen LogP contribution in [-0.2, 0) is 0 Å². The molecule has 0 aliphatic rings. The van der Waals surface area contributed by atoms with E-state index in [1.54, 1.807) is 0 Å². The van der Waals surface area contributed by atoms with Gasteiger partial charge in [0.05, 0.1) is 6.54 Å². The van der Waals surface area contributed by atoms with Gasteiger partial charge in [0.1, 0.15) is 0 Å². The average molecular weight is 187 g/mol. The summed E-state index contributed by atoms with van der Waals surface area (Å²) in [7, 11) is 0. The molecule has 0 amide bonds. The number of hydrogen-bond donors (Lipinski definition) is 0. The van der Waals surface area contributed by atoms with Crippen LogP contribution in [0, 0.1) is 5.92 Å². The van der Waals surface area contributed by atoms with Crippen LogP contribution in [0.1, 0.15) is 13.8 Å². The molecule has 0 rings (SSSR count). The molecule has 0 saturated carbocycles. The quantitative estimate of drug-likeness (QED) is 0.355. The molecule has 0 aliphatic carbocycles. The van der Waals surface area contributed by atoms with E-state index < -0.39 is 0 Å². The Hall–Kier alpha value is -1.55. The molecule has 0 aromatic rings. The van der Waals surface area contributed by atoms with E-state index in [-0.39, 0.29) is 0 Å². The molecule has 74 valence electrons. The van der Waals surface area contributed by atoms with Crippen molar-refractivity contribution in [3.05, 3.63) is 47.9 Å². The lowest BCUT2D eigenvalue weighted by molar-refractivity contribution is 0.794. The summed E-state index contributed by atoms with van der Waals surface area (Å²) in [5.41, 5.74) is 6.73. The number of aliphatic imine (C=N–C) groups is 1. The molecular formula is C13H17N. The van der Waals surface area contributed by atoms with Crippen molar-refractivity contribution in [3.63, 3.8) is 0 Å². The summed E-state index contributed by atoms with van der Waals surface area (Å²) < 4.78 is 0. The number of nitrogens with zero attached hydrogens (tertiary/aromatic N) is 1. The largest absolute Gasteiger partial charge is 0.297 e. The minimum absolute atomic E-state index is 0.437. The van der Waals surface area contributed by atoms with Crippen LogP contribution < -0.4 is 0 Å². The highest BCUT2D eigenvalue weighted by atomic mass is 14.6. The predicted molar refractivity (Wildman–Crippen MR) is 63.7 cm³/mol. The van der Waals surface area contributed by atoms with Gasteiger partial charge < -0.3 is 0 Å². The van der Waals surface area contributed by atoms with E-state index in [2.05, 4.69) is 43.6 Å². The van der Waals surface area contributed by atoms with Crippen LogP contribution in [0.5, 0.6) is 0 Å². The van der Waals surface area contributed by atoms with E-state index in [9.17, 15) is 0 Å². The molecule has 14 heavy (non-hydrogen) atoms. The Labute approximate surface area is 86.6 Å². The molecule has 0 radical (unpaired) electrons. The highest BCUT2D eigenvalue weighted by molar-refractivity contribution is 5.25. The van der Waals surface area contributed by atoms with Gasteiger partial charge in [-0.15, -0.1) is 0 Å². The SMILES string of the molecule is C=C=C=C(/C=C/C=C\CN=C)C(C)C. The van der Waals surface area contributed by atoms with Gasteiger partial charge in [-0.2, -0.15) is 0 Å². The molecule has 1 heteroatoms. The predicted octanol–water partition coefficient (Wildman–Crippen LogP) is 3.32. The molecule has 0 N–H and O–H groups in total. The Bertz CT molecular complexity index is 306. The summed E-state index contributed by atoms with van der Waals surface area (Å²) >= 11 is 0. The van der Waals surface area contributed by atoms with Crippen molar-refractivity contribution in [1.82, 2.24) is 0 Å². The van der Waals surface area contributed by atoms with Crippen molar-refractivity contribution in [2.24, 2.45) is 10.9 Å². The first-order chi connectivity index (χ1) is 6.72. The first-order valence-corrected chi connectivity index (χ1v) is 4.63. The lowest BCUT2D eigenvalue weighted by Crippen LogP contribution is -1.87. The van der Waals surface area contributed by atoms with Gasteiger partial charge in [0.15, 0.2) is 0 Å². The minimum atomic E-state index is 0.437. The van der Waals surface area contributed by atoms with Gasteiger partial charge in [0, 0.05) is 5.57 Å². The zero-order valence-electron chi connectivity index (χ0n) is 8.96. The Morgan fingerprint density at radius 2 is 2.14 bits per heavy atom. The Morgan fingerprint density at radius 3 is 2.64 bits per heavy atom.